The molecule has 0 atom stereocenters. The molecule has 0 saturated heterocycles. The SMILES string of the molecule is O=C(Nc1cccnc1-n1cccn1)c1cc(Cl)c2c(c1)OCCCO2. The number of aromatic nitrogens is 3. The van der Waals surface area contributed by atoms with Gasteiger partial charge in [0.1, 0.15) is 0 Å². The van der Waals surface area contributed by atoms with Crippen LogP contribution in [0.25, 0.3) is 5.82 Å². The monoisotopic (exact) mass is 370 g/mol. The summed E-state index contributed by atoms with van der Waals surface area (Å²) in [6.45, 7) is 1.04. The van der Waals surface area contributed by atoms with Crippen LogP contribution in [0, 0.1) is 0 Å². The second-order valence-electron chi connectivity index (χ2n) is 5.62. The average molecular weight is 371 g/mol. The van der Waals surface area contributed by atoms with Gasteiger partial charge in [0.05, 0.1) is 23.9 Å². The van der Waals surface area contributed by atoms with Crippen molar-refractivity contribution in [3.63, 3.8) is 0 Å². The van der Waals surface area contributed by atoms with E-state index in [2.05, 4.69) is 15.4 Å². The fourth-order valence-corrected chi connectivity index (χ4v) is 2.89. The quantitative estimate of drug-likeness (QED) is 0.765. The van der Waals surface area contributed by atoms with E-state index in [9.17, 15) is 4.79 Å². The predicted molar refractivity (Wildman–Crippen MR) is 96.4 cm³/mol. The number of fused-ring (bicyclic) bond motifs is 1. The van der Waals surface area contributed by atoms with Crippen molar-refractivity contribution in [2.45, 2.75) is 6.42 Å². The van der Waals surface area contributed by atoms with Crippen molar-refractivity contribution in [1.82, 2.24) is 14.8 Å². The van der Waals surface area contributed by atoms with Gasteiger partial charge < -0.3 is 14.8 Å². The molecule has 3 heterocycles. The van der Waals surface area contributed by atoms with Crippen molar-refractivity contribution >= 4 is 23.2 Å². The number of amides is 1. The smallest absolute Gasteiger partial charge is 0.255 e. The number of hydrogen-bond acceptors (Lipinski definition) is 5. The summed E-state index contributed by atoms with van der Waals surface area (Å²) in [5.41, 5.74) is 0.902. The number of nitrogens with one attached hydrogen (secondary N) is 1. The molecule has 2 aromatic heterocycles. The molecule has 1 N–H and O–H groups in total. The largest absolute Gasteiger partial charge is 0.489 e. The van der Waals surface area contributed by atoms with Gasteiger partial charge in [0, 0.05) is 30.6 Å². The van der Waals surface area contributed by atoms with Gasteiger partial charge in [0.2, 0.25) is 0 Å². The molecule has 4 rings (SSSR count). The van der Waals surface area contributed by atoms with Crippen LogP contribution >= 0.6 is 11.6 Å². The van der Waals surface area contributed by atoms with E-state index in [1.54, 1.807) is 53.6 Å². The van der Waals surface area contributed by atoms with E-state index in [0.717, 1.165) is 6.42 Å². The van der Waals surface area contributed by atoms with Crippen molar-refractivity contribution in [3.05, 3.63) is 59.5 Å². The molecule has 0 radical (unpaired) electrons. The van der Waals surface area contributed by atoms with Crippen LogP contribution in [0.4, 0.5) is 5.69 Å². The highest BCUT2D eigenvalue weighted by Gasteiger charge is 2.19. The lowest BCUT2D eigenvalue weighted by Crippen LogP contribution is -2.15. The van der Waals surface area contributed by atoms with Crippen molar-refractivity contribution in [2.75, 3.05) is 18.5 Å². The molecule has 1 aliphatic rings. The van der Waals surface area contributed by atoms with Crippen LogP contribution in [-0.4, -0.2) is 33.9 Å². The summed E-state index contributed by atoms with van der Waals surface area (Å²) < 4.78 is 12.8. The zero-order chi connectivity index (χ0) is 17.9. The highest BCUT2D eigenvalue weighted by molar-refractivity contribution is 6.32. The fourth-order valence-electron chi connectivity index (χ4n) is 2.63. The van der Waals surface area contributed by atoms with Crippen molar-refractivity contribution in [1.29, 1.82) is 0 Å². The molecule has 0 unspecified atom stereocenters. The second kappa shape index (κ2) is 7.05. The zero-order valence-electron chi connectivity index (χ0n) is 13.7. The number of anilines is 1. The van der Waals surface area contributed by atoms with Crippen LogP contribution in [0.3, 0.4) is 0 Å². The number of pyridine rings is 1. The van der Waals surface area contributed by atoms with Crippen molar-refractivity contribution in [2.24, 2.45) is 0 Å². The summed E-state index contributed by atoms with van der Waals surface area (Å²) in [5, 5.41) is 7.34. The van der Waals surface area contributed by atoms with Gasteiger partial charge in [0.25, 0.3) is 5.91 Å². The number of hydrogen-bond donors (Lipinski definition) is 1. The van der Waals surface area contributed by atoms with Crippen LogP contribution in [0.15, 0.2) is 48.9 Å². The van der Waals surface area contributed by atoms with Gasteiger partial charge in [-0.25, -0.2) is 9.67 Å². The lowest BCUT2D eigenvalue weighted by molar-refractivity contribution is 0.102. The summed E-state index contributed by atoms with van der Waals surface area (Å²) >= 11 is 6.27. The van der Waals surface area contributed by atoms with E-state index >= 15 is 0 Å². The Morgan fingerprint density at radius 3 is 2.92 bits per heavy atom. The molecule has 7 nitrogen and oxygen atoms in total. The van der Waals surface area contributed by atoms with Crippen molar-refractivity contribution in [3.8, 4) is 17.3 Å². The van der Waals surface area contributed by atoms with Gasteiger partial charge in [-0.05, 0) is 30.3 Å². The van der Waals surface area contributed by atoms with Gasteiger partial charge in [-0.2, -0.15) is 5.10 Å². The molecule has 0 aliphatic carbocycles. The fraction of sp³-hybridized carbons (Fsp3) is 0.167. The summed E-state index contributed by atoms with van der Waals surface area (Å²) in [4.78, 5) is 17.0. The summed E-state index contributed by atoms with van der Waals surface area (Å²) in [5.74, 6) is 1.13. The number of ether oxygens (including phenoxy) is 2. The van der Waals surface area contributed by atoms with Gasteiger partial charge in [-0.1, -0.05) is 11.6 Å². The van der Waals surface area contributed by atoms with Gasteiger partial charge in [-0.15, -0.1) is 0 Å². The number of rotatable bonds is 3. The minimum Gasteiger partial charge on any atom is -0.489 e. The third-order valence-corrected chi connectivity index (χ3v) is 4.10. The number of nitrogens with zero attached hydrogens (tertiary/aromatic N) is 3. The summed E-state index contributed by atoms with van der Waals surface area (Å²) in [7, 11) is 0. The maximum atomic E-state index is 12.7. The molecule has 1 amide bonds. The van der Waals surface area contributed by atoms with E-state index in [0.29, 0.717) is 46.8 Å². The third kappa shape index (κ3) is 3.21. The van der Waals surface area contributed by atoms with Gasteiger partial charge in [0.15, 0.2) is 17.3 Å². The standard InChI is InChI=1S/C18H15ClN4O3/c19-13-10-12(11-15-16(13)26-9-3-8-25-15)18(24)22-14-4-1-5-20-17(14)23-7-2-6-21-23/h1-2,4-7,10-11H,3,8-9H2,(H,22,24). The predicted octanol–water partition coefficient (Wildman–Crippen LogP) is 3.33. The Balaban J connectivity index is 1.64. The Labute approximate surface area is 154 Å². The molecule has 1 aromatic carbocycles. The summed E-state index contributed by atoms with van der Waals surface area (Å²) in [6.07, 6.45) is 5.79. The maximum absolute atomic E-state index is 12.7. The average Bonchev–Trinajstić information content (AvgIpc) is 3.07. The highest BCUT2D eigenvalue weighted by atomic mass is 35.5. The number of halogens is 1. The zero-order valence-corrected chi connectivity index (χ0v) is 14.4. The summed E-state index contributed by atoms with van der Waals surface area (Å²) in [6, 6.07) is 8.47. The molecule has 0 fully saturated rings. The van der Waals surface area contributed by atoms with E-state index in [1.165, 1.54) is 0 Å². The molecule has 3 aromatic rings. The Kier molecular flexibility index (Phi) is 4.45. The Morgan fingerprint density at radius 2 is 2.08 bits per heavy atom. The topological polar surface area (TPSA) is 78.3 Å². The first kappa shape index (κ1) is 16.4. The van der Waals surface area contributed by atoms with Crippen molar-refractivity contribution < 1.29 is 14.3 Å². The first-order valence-electron chi connectivity index (χ1n) is 8.08. The van der Waals surface area contributed by atoms with E-state index in [1.807, 2.05) is 0 Å². The molecule has 8 heteroatoms. The number of carbonyl (C=O) groups excluding carboxylic acids is 1. The normalized spacial score (nSPS) is 13.1. The van der Waals surface area contributed by atoms with Crippen LogP contribution in [0.2, 0.25) is 5.02 Å². The first-order chi connectivity index (χ1) is 12.7. The molecule has 132 valence electrons. The minimum atomic E-state index is -0.330. The van der Waals surface area contributed by atoms with Crippen LogP contribution < -0.4 is 14.8 Å². The Hall–Kier alpha value is -3.06. The molecule has 0 saturated carbocycles. The lowest BCUT2D eigenvalue weighted by atomic mass is 10.2. The molecule has 0 bridgehead atoms. The molecule has 26 heavy (non-hydrogen) atoms. The molecular formula is C18H15ClN4O3. The van der Waals surface area contributed by atoms with E-state index < -0.39 is 0 Å². The van der Waals surface area contributed by atoms with Gasteiger partial charge >= 0.3 is 0 Å². The molecule has 0 spiro atoms. The van der Waals surface area contributed by atoms with Gasteiger partial charge in [-0.3, -0.25) is 4.79 Å². The number of benzene rings is 1. The molecule has 1 aliphatic heterocycles. The second-order valence-corrected chi connectivity index (χ2v) is 6.02. The van der Waals surface area contributed by atoms with E-state index in [4.69, 9.17) is 21.1 Å². The third-order valence-electron chi connectivity index (χ3n) is 3.82. The maximum Gasteiger partial charge on any atom is 0.255 e. The van der Waals surface area contributed by atoms with Crippen LogP contribution in [-0.2, 0) is 0 Å². The Bertz CT molecular complexity index is 944. The number of carbonyl (C=O) groups is 1. The van der Waals surface area contributed by atoms with E-state index in [-0.39, 0.29) is 5.91 Å². The first-order valence-corrected chi connectivity index (χ1v) is 8.46. The van der Waals surface area contributed by atoms with Crippen LogP contribution in [0.5, 0.6) is 11.5 Å². The Morgan fingerprint density at radius 1 is 1.19 bits per heavy atom. The molecular weight excluding hydrogens is 356 g/mol. The lowest BCUT2D eigenvalue weighted by Gasteiger charge is -2.13. The minimum absolute atomic E-state index is 0.330. The highest BCUT2D eigenvalue weighted by Crippen LogP contribution is 2.38. The van der Waals surface area contributed by atoms with Crippen LogP contribution in [0.1, 0.15) is 16.8 Å².